The summed E-state index contributed by atoms with van der Waals surface area (Å²) in [5, 5.41) is 8.89. The minimum absolute atomic E-state index is 0.338. The van der Waals surface area contributed by atoms with Gasteiger partial charge in [0.1, 0.15) is 5.75 Å². The molecule has 0 N–H and O–H groups in total. The van der Waals surface area contributed by atoms with Crippen molar-refractivity contribution in [2.24, 2.45) is 0 Å². The third-order valence-corrected chi connectivity index (χ3v) is 2.89. The van der Waals surface area contributed by atoms with Crippen LogP contribution in [0.2, 0.25) is 0 Å². The molecule has 0 amide bonds. The zero-order valence-corrected chi connectivity index (χ0v) is 10.7. The molecule has 0 unspecified atom stereocenters. The van der Waals surface area contributed by atoms with E-state index in [2.05, 4.69) is 15.2 Å². The van der Waals surface area contributed by atoms with Gasteiger partial charge in [-0.05, 0) is 18.2 Å². The molecule has 0 aliphatic heterocycles. The van der Waals surface area contributed by atoms with Crippen LogP contribution in [0.4, 0.5) is 0 Å². The van der Waals surface area contributed by atoms with Crippen LogP contribution in [-0.4, -0.2) is 15.2 Å². The Morgan fingerprint density at radius 1 is 1.05 bits per heavy atom. The molecule has 3 aromatic rings. The van der Waals surface area contributed by atoms with Gasteiger partial charge < -0.3 is 4.74 Å². The molecule has 3 rings (SSSR count). The summed E-state index contributed by atoms with van der Waals surface area (Å²) in [6, 6.07) is 13.3. The monoisotopic (exact) mass is 271 g/mol. The highest BCUT2D eigenvalue weighted by Crippen LogP contribution is 2.22. The maximum absolute atomic E-state index is 5.65. The van der Waals surface area contributed by atoms with Gasteiger partial charge in [-0.2, -0.15) is 5.10 Å². The van der Waals surface area contributed by atoms with Crippen LogP contribution in [-0.2, 0) is 5.88 Å². The number of nitrogens with zero attached hydrogens (tertiary/aromatic N) is 3. The van der Waals surface area contributed by atoms with Crippen molar-refractivity contribution in [1.82, 2.24) is 15.2 Å². The van der Waals surface area contributed by atoms with Gasteiger partial charge in [0.25, 0.3) is 0 Å². The fourth-order valence-electron chi connectivity index (χ4n) is 1.70. The summed E-state index contributed by atoms with van der Waals surface area (Å²) in [4.78, 5) is 4.32. The molecule has 0 fully saturated rings. The minimum atomic E-state index is 0.338. The largest absolute Gasteiger partial charge is 0.436 e. The first-order valence-corrected chi connectivity index (χ1v) is 6.30. The second-order valence-electron chi connectivity index (χ2n) is 3.96. The molecule has 2 heterocycles. The predicted octanol–water partition coefficient (Wildman–Crippen LogP) is 3.56. The zero-order chi connectivity index (χ0) is 13.1. The van der Waals surface area contributed by atoms with Crippen LogP contribution in [0.1, 0.15) is 5.69 Å². The molecule has 94 valence electrons. The van der Waals surface area contributed by atoms with Crippen molar-refractivity contribution in [1.29, 1.82) is 0 Å². The molecule has 4 nitrogen and oxygen atoms in total. The van der Waals surface area contributed by atoms with Crippen LogP contribution >= 0.6 is 11.6 Å². The van der Waals surface area contributed by atoms with Crippen molar-refractivity contribution in [3.05, 3.63) is 54.4 Å². The van der Waals surface area contributed by atoms with Gasteiger partial charge in [0.2, 0.25) is 5.88 Å². The molecule has 0 aliphatic carbocycles. The molecule has 2 aromatic heterocycles. The lowest BCUT2D eigenvalue weighted by Crippen LogP contribution is -1.93. The number of ether oxygens (including phenoxy) is 1. The fraction of sp³-hybridized carbons (Fsp3) is 0.0714. The van der Waals surface area contributed by atoms with Crippen molar-refractivity contribution in [2.75, 3.05) is 0 Å². The molecule has 1 aromatic carbocycles. The van der Waals surface area contributed by atoms with Gasteiger partial charge >= 0.3 is 0 Å². The SMILES string of the molecule is ClCc1ccc(Oc2cnc3ccccc3c2)nn1. The quantitative estimate of drug-likeness (QED) is 0.684. The summed E-state index contributed by atoms with van der Waals surface area (Å²) < 4.78 is 5.61. The molecule has 19 heavy (non-hydrogen) atoms. The lowest BCUT2D eigenvalue weighted by molar-refractivity contribution is 0.453. The number of para-hydroxylation sites is 1. The van der Waals surface area contributed by atoms with Gasteiger partial charge in [0.05, 0.1) is 23.3 Å². The van der Waals surface area contributed by atoms with E-state index in [0.29, 0.717) is 23.2 Å². The Morgan fingerprint density at radius 3 is 2.74 bits per heavy atom. The minimum Gasteiger partial charge on any atom is -0.436 e. The van der Waals surface area contributed by atoms with Gasteiger partial charge in [-0.15, -0.1) is 16.7 Å². The molecule has 0 atom stereocenters. The van der Waals surface area contributed by atoms with Crippen molar-refractivity contribution in [2.45, 2.75) is 5.88 Å². The van der Waals surface area contributed by atoms with E-state index in [4.69, 9.17) is 16.3 Å². The van der Waals surface area contributed by atoms with Gasteiger partial charge in [-0.1, -0.05) is 18.2 Å². The number of aromatic nitrogens is 3. The Morgan fingerprint density at radius 2 is 1.95 bits per heavy atom. The van der Waals surface area contributed by atoms with E-state index in [1.165, 1.54) is 0 Å². The number of alkyl halides is 1. The third kappa shape index (κ3) is 2.63. The molecule has 0 saturated carbocycles. The normalized spacial score (nSPS) is 10.6. The number of hydrogen-bond donors (Lipinski definition) is 0. The molecule has 0 aliphatic rings. The number of fused-ring (bicyclic) bond motifs is 1. The molecule has 5 heteroatoms. The smallest absolute Gasteiger partial charge is 0.238 e. The number of benzene rings is 1. The highest BCUT2D eigenvalue weighted by Gasteiger charge is 2.02. The predicted molar refractivity (Wildman–Crippen MR) is 73.4 cm³/mol. The Balaban J connectivity index is 1.87. The number of pyridine rings is 1. The summed E-state index contributed by atoms with van der Waals surface area (Å²) in [5.74, 6) is 1.39. The first-order chi connectivity index (χ1) is 9.35. The average molecular weight is 272 g/mol. The van der Waals surface area contributed by atoms with E-state index in [9.17, 15) is 0 Å². The number of rotatable bonds is 3. The van der Waals surface area contributed by atoms with Crippen LogP contribution in [0, 0.1) is 0 Å². The van der Waals surface area contributed by atoms with E-state index < -0.39 is 0 Å². The molecule has 0 spiro atoms. The summed E-state index contributed by atoms with van der Waals surface area (Å²) in [5.41, 5.74) is 1.64. The summed E-state index contributed by atoms with van der Waals surface area (Å²) >= 11 is 5.65. The first-order valence-electron chi connectivity index (χ1n) is 5.76. The maximum Gasteiger partial charge on any atom is 0.238 e. The van der Waals surface area contributed by atoms with Crippen molar-refractivity contribution >= 4 is 22.5 Å². The molecular weight excluding hydrogens is 262 g/mol. The topological polar surface area (TPSA) is 47.9 Å². The first kappa shape index (κ1) is 11.9. The average Bonchev–Trinajstić information content (AvgIpc) is 2.48. The Labute approximate surface area is 115 Å². The maximum atomic E-state index is 5.65. The van der Waals surface area contributed by atoms with Crippen LogP contribution < -0.4 is 4.74 Å². The van der Waals surface area contributed by atoms with E-state index in [1.807, 2.05) is 30.3 Å². The van der Waals surface area contributed by atoms with Crippen LogP contribution in [0.25, 0.3) is 10.9 Å². The molecule has 0 radical (unpaired) electrons. The second kappa shape index (κ2) is 5.20. The van der Waals surface area contributed by atoms with Crippen LogP contribution in [0.3, 0.4) is 0 Å². The van der Waals surface area contributed by atoms with E-state index >= 15 is 0 Å². The van der Waals surface area contributed by atoms with Crippen LogP contribution in [0.5, 0.6) is 11.6 Å². The fourth-order valence-corrected chi connectivity index (χ4v) is 1.84. The summed E-state index contributed by atoms with van der Waals surface area (Å²) in [7, 11) is 0. The van der Waals surface area contributed by atoms with E-state index in [-0.39, 0.29) is 0 Å². The number of hydrogen-bond acceptors (Lipinski definition) is 4. The second-order valence-corrected chi connectivity index (χ2v) is 4.23. The standard InChI is InChI=1S/C14H10ClN3O/c15-8-11-5-6-14(18-17-11)19-12-7-10-3-1-2-4-13(10)16-9-12/h1-7,9H,8H2. The molecule has 0 bridgehead atoms. The lowest BCUT2D eigenvalue weighted by Gasteiger charge is -2.05. The molecular formula is C14H10ClN3O. The van der Waals surface area contributed by atoms with Crippen molar-refractivity contribution < 1.29 is 4.74 Å². The third-order valence-electron chi connectivity index (χ3n) is 2.62. The van der Waals surface area contributed by atoms with Gasteiger partial charge in [0, 0.05) is 11.5 Å². The highest BCUT2D eigenvalue weighted by atomic mass is 35.5. The van der Waals surface area contributed by atoms with E-state index in [1.54, 1.807) is 18.3 Å². The summed E-state index contributed by atoms with van der Waals surface area (Å²) in [6.45, 7) is 0. The van der Waals surface area contributed by atoms with Gasteiger partial charge in [-0.3, -0.25) is 4.98 Å². The van der Waals surface area contributed by atoms with E-state index in [0.717, 1.165) is 10.9 Å². The van der Waals surface area contributed by atoms with Crippen molar-refractivity contribution in [3.8, 4) is 11.6 Å². The van der Waals surface area contributed by atoms with Gasteiger partial charge in [-0.25, -0.2) is 0 Å². The zero-order valence-electron chi connectivity index (χ0n) is 9.95. The Bertz CT molecular complexity index is 700. The Kier molecular flexibility index (Phi) is 3.25. The Hall–Kier alpha value is -2.20. The lowest BCUT2D eigenvalue weighted by atomic mass is 10.2. The number of halogens is 1. The van der Waals surface area contributed by atoms with Crippen LogP contribution in [0.15, 0.2) is 48.7 Å². The summed E-state index contributed by atoms with van der Waals surface area (Å²) in [6.07, 6.45) is 1.67. The highest BCUT2D eigenvalue weighted by molar-refractivity contribution is 6.16. The van der Waals surface area contributed by atoms with Gasteiger partial charge in [0.15, 0.2) is 0 Å². The van der Waals surface area contributed by atoms with Crippen molar-refractivity contribution in [3.63, 3.8) is 0 Å². The molecule has 0 saturated heterocycles.